The summed E-state index contributed by atoms with van der Waals surface area (Å²) in [5, 5.41) is 0.279. The van der Waals surface area contributed by atoms with Gasteiger partial charge in [0.15, 0.2) is 6.61 Å². The standard InChI is InChI=1S/C12H10F5N3O/c13-11(14)10-4-9(20-18)7-3-6(1-2-8(7)19-10)21-5-12(15,16)17/h1-4,11H,5,18H2,(H,19,20). The van der Waals surface area contributed by atoms with Gasteiger partial charge < -0.3 is 10.2 Å². The van der Waals surface area contributed by atoms with Gasteiger partial charge in [-0.25, -0.2) is 13.8 Å². The Labute approximate surface area is 115 Å². The van der Waals surface area contributed by atoms with Crippen molar-refractivity contribution in [2.75, 3.05) is 12.0 Å². The smallest absolute Gasteiger partial charge is 0.422 e. The second-order valence-electron chi connectivity index (χ2n) is 4.12. The van der Waals surface area contributed by atoms with Gasteiger partial charge in [0.1, 0.15) is 11.4 Å². The van der Waals surface area contributed by atoms with E-state index in [9.17, 15) is 22.0 Å². The van der Waals surface area contributed by atoms with Gasteiger partial charge in [0.05, 0.1) is 11.2 Å². The van der Waals surface area contributed by atoms with Crippen molar-refractivity contribution in [1.82, 2.24) is 4.98 Å². The van der Waals surface area contributed by atoms with Crippen LogP contribution in [0.25, 0.3) is 10.9 Å². The van der Waals surface area contributed by atoms with E-state index in [1.165, 1.54) is 18.2 Å². The molecule has 0 saturated carbocycles. The molecule has 3 N–H and O–H groups in total. The van der Waals surface area contributed by atoms with Gasteiger partial charge in [-0.3, -0.25) is 5.84 Å². The molecule has 0 saturated heterocycles. The maximum atomic E-state index is 12.7. The predicted molar refractivity (Wildman–Crippen MR) is 66.1 cm³/mol. The molecule has 0 aliphatic carbocycles. The lowest BCUT2D eigenvalue weighted by Gasteiger charge is -2.12. The van der Waals surface area contributed by atoms with E-state index < -0.39 is 24.9 Å². The highest BCUT2D eigenvalue weighted by molar-refractivity contribution is 5.92. The van der Waals surface area contributed by atoms with E-state index in [1.54, 1.807) is 0 Å². The van der Waals surface area contributed by atoms with Crippen molar-refractivity contribution < 1.29 is 26.7 Å². The first-order chi connectivity index (χ1) is 9.80. The van der Waals surface area contributed by atoms with Crippen LogP contribution in [0.3, 0.4) is 0 Å². The summed E-state index contributed by atoms with van der Waals surface area (Å²) < 4.78 is 66.2. The highest BCUT2D eigenvalue weighted by Gasteiger charge is 2.28. The lowest BCUT2D eigenvalue weighted by Crippen LogP contribution is -2.19. The Kier molecular flexibility index (Phi) is 4.12. The molecule has 0 unspecified atom stereocenters. The minimum atomic E-state index is -4.47. The van der Waals surface area contributed by atoms with E-state index in [2.05, 4.69) is 15.1 Å². The number of nitrogens with one attached hydrogen (secondary N) is 1. The van der Waals surface area contributed by atoms with Gasteiger partial charge in [0.2, 0.25) is 0 Å². The SMILES string of the molecule is NNc1cc(C(F)F)nc2ccc(OCC(F)(F)F)cc12. The second-order valence-corrected chi connectivity index (χ2v) is 4.12. The molecular weight excluding hydrogens is 297 g/mol. The molecule has 114 valence electrons. The molecule has 0 bridgehead atoms. The molecule has 0 aliphatic heterocycles. The van der Waals surface area contributed by atoms with Gasteiger partial charge >= 0.3 is 6.18 Å². The van der Waals surface area contributed by atoms with Crippen molar-refractivity contribution in [1.29, 1.82) is 0 Å². The number of nitrogens with zero attached hydrogens (tertiary/aromatic N) is 1. The number of pyridine rings is 1. The Hall–Kier alpha value is -2.16. The van der Waals surface area contributed by atoms with Crippen LogP contribution in [0.4, 0.5) is 27.6 Å². The lowest BCUT2D eigenvalue weighted by atomic mass is 10.1. The number of hydrogen-bond donors (Lipinski definition) is 2. The molecule has 1 aromatic heterocycles. The number of benzene rings is 1. The monoisotopic (exact) mass is 307 g/mol. The molecule has 1 heterocycles. The van der Waals surface area contributed by atoms with Gasteiger partial charge in [0.25, 0.3) is 6.43 Å². The van der Waals surface area contributed by atoms with Crippen molar-refractivity contribution in [2.45, 2.75) is 12.6 Å². The van der Waals surface area contributed by atoms with Gasteiger partial charge in [-0.15, -0.1) is 0 Å². The third kappa shape index (κ3) is 3.69. The number of alkyl halides is 5. The van der Waals surface area contributed by atoms with Gasteiger partial charge in [-0.05, 0) is 24.3 Å². The van der Waals surface area contributed by atoms with Crippen LogP contribution in [-0.2, 0) is 0 Å². The predicted octanol–water partition coefficient (Wildman–Crippen LogP) is 3.40. The summed E-state index contributed by atoms with van der Waals surface area (Å²) in [4.78, 5) is 3.71. The summed E-state index contributed by atoms with van der Waals surface area (Å²) in [5.74, 6) is 5.17. The molecule has 2 aromatic rings. The molecule has 0 aliphatic rings. The number of ether oxygens (including phenoxy) is 1. The second kappa shape index (κ2) is 5.68. The van der Waals surface area contributed by atoms with E-state index in [0.29, 0.717) is 0 Å². The third-order valence-electron chi connectivity index (χ3n) is 2.58. The number of hydrazine groups is 1. The summed E-state index contributed by atoms with van der Waals surface area (Å²) in [6.45, 7) is -1.45. The van der Waals surface area contributed by atoms with Crippen molar-refractivity contribution in [3.8, 4) is 5.75 Å². The summed E-state index contributed by atoms with van der Waals surface area (Å²) in [6.07, 6.45) is -7.26. The largest absolute Gasteiger partial charge is 0.484 e. The van der Waals surface area contributed by atoms with Gasteiger partial charge in [0, 0.05) is 5.39 Å². The average Bonchev–Trinajstić information content (AvgIpc) is 2.42. The molecule has 0 spiro atoms. The Morgan fingerprint density at radius 1 is 1.24 bits per heavy atom. The van der Waals surface area contributed by atoms with Crippen LogP contribution in [-0.4, -0.2) is 17.8 Å². The van der Waals surface area contributed by atoms with Crippen LogP contribution in [0.15, 0.2) is 24.3 Å². The fraction of sp³-hybridized carbons (Fsp3) is 0.250. The zero-order valence-corrected chi connectivity index (χ0v) is 10.4. The number of nitrogen functional groups attached to an aromatic ring is 1. The number of hydrogen-bond acceptors (Lipinski definition) is 4. The van der Waals surface area contributed by atoms with E-state index >= 15 is 0 Å². The number of rotatable bonds is 4. The number of fused-ring (bicyclic) bond motifs is 1. The molecular formula is C12H10F5N3O. The van der Waals surface area contributed by atoms with E-state index in [1.807, 2.05) is 0 Å². The molecule has 9 heteroatoms. The van der Waals surface area contributed by atoms with Crippen molar-refractivity contribution >= 4 is 16.6 Å². The Balaban J connectivity index is 2.40. The van der Waals surface area contributed by atoms with E-state index in [-0.39, 0.29) is 22.3 Å². The fourth-order valence-corrected chi connectivity index (χ4v) is 1.71. The van der Waals surface area contributed by atoms with Crippen LogP contribution in [0, 0.1) is 0 Å². The van der Waals surface area contributed by atoms with Crippen molar-refractivity contribution in [2.24, 2.45) is 5.84 Å². The zero-order chi connectivity index (χ0) is 15.6. The van der Waals surface area contributed by atoms with Crippen LogP contribution in [0.1, 0.15) is 12.1 Å². The zero-order valence-electron chi connectivity index (χ0n) is 10.4. The highest BCUT2D eigenvalue weighted by atomic mass is 19.4. The molecule has 21 heavy (non-hydrogen) atoms. The first kappa shape index (κ1) is 15.2. The average molecular weight is 307 g/mol. The lowest BCUT2D eigenvalue weighted by molar-refractivity contribution is -0.153. The highest BCUT2D eigenvalue weighted by Crippen LogP contribution is 2.30. The van der Waals surface area contributed by atoms with E-state index in [4.69, 9.17) is 5.84 Å². The number of aromatic nitrogens is 1. The molecule has 0 amide bonds. The van der Waals surface area contributed by atoms with Crippen LogP contribution in [0.2, 0.25) is 0 Å². The normalized spacial score (nSPS) is 12.0. The minimum absolute atomic E-state index is 0.0667. The number of nitrogens with two attached hydrogens (primary N) is 1. The first-order valence-electron chi connectivity index (χ1n) is 5.69. The summed E-state index contributed by atoms with van der Waals surface area (Å²) in [6, 6.07) is 4.78. The molecule has 4 nitrogen and oxygen atoms in total. The fourth-order valence-electron chi connectivity index (χ4n) is 1.71. The van der Waals surface area contributed by atoms with Crippen molar-refractivity contribution in [3.05, 3.63) is 30.0 Å². The minimum Gasteiger partial charge on any atom is -0.484 e. The van der Waals surface area contributed by atoms with Gasteiger partial charge in [-0.2, -0.15) is 13.2 Å². The van der Waals surface area contributed by atoms with Crippen molar-refractivity contribution in [3.63, 3.8) is 0 Å². The molecule has 1 aromatic carbocycles. The topological polar surface area (TPSA) is 60.2 Å². The maximum absolute atomic E-state index is 12.7. The first-order valence-corrected chi connectivity index (χ1v) is 5.69. The van der Waals surface area contributed by atoms with E-state index in [0.717, 1.165) is 6.07 Å². The molecule has 2 rings (SSSR count). The molecule has 0 radical (unpaired) electrons. The molecule has 0 fully saturated rings. The third-order valence-corrected chi connectivity index (χ3v) is 2.58. The summed E-state index contributed by atoms with van der Waals surface area (Å²) in [7, 11) is 0. The summed E-state index contributed by atoms with van der Waals surface area (Å²) in [5.41, 5.74) is 2.01. The number of halogens is 5. The Bertz CT molecular complexity index is 645. The summed E-state index contributed by atoms with van der Waals surface area (Å²) >= 11 is 0. The van der Waals surface area contributed by atoms with Crippen LogP contribution in [0.5, 0.6) is 5.75 Å². The maximum Gasteiger partial charge on any atom is 0.422 e. The quantitative estimate of drug-likeness (QED) is 0.516. The Morgan fingerprint density at radius 2 is 1.95 bits per heavy atom. The van der Waals surface area contributed by atoms with Crippen LogP contribution >= 0.6 is 0 Å². The molecule has 0 atom stereocenters. The van der Waals surface area contributed by atoms with Gasteiger partial charge in [-0.1, -0.05) is 0 Å². The van der Waals surface area contributed by atoms with Crippen LogP contribution < -0.4 is 16.0 Å². The Morgan fingerprint density at radius 3 is 2.52 bits per heavy atom. The number of anilines is 1.